The van der Waals surface area contributed by atoms with Crippen molar-refractivity contribution in [1.29, 1.82) is 5.26 Å². The molecular formula is C38H41N4O9P. The lowest BCUT2D eigenvalue weighted by Crippen LogP contribution is -2.53. The van der Waals surface area contributed by atoms with Crippen LogP contribution in [0.4, 0.5) is 0 Å². The van der Waals surface area contributed by atoms with Gasteiger partial charge in [-0.15, -0.1) is 0 Å². The van der Waals surface area contributed by atoms with Gasteiger partial charge >= 0.3 is 19.7 Å². The van der Waals surface area contributed by atoms with E-state index in [9.17, 15) is 23.7 Å². The standard InChI is InChI=1S/C38H41N4O9P/c1-24(2)21-33(38(46)49-5)41-36(44)32(40-35(43)29-17-13-27(23-39)14-18-29)22-26-15-19-30(20-16-26)50-52(47,42-25(3)37(45)48-4)51-34-12-8-10-28-9-6-7-11-31(28)34/h6-20,24-25,32-33H,21-22H2,1-5H3,(H,40,43)(H,41,44)(H,42,47)/t25-,32-,33-,52?/m0/s1. The first-order valence-corrected chi connectivity index (χ1v) is 18.0. The highest BCUT2D eigenvalue weighted by Gasteiger charge is 2.34. The Morgan fingerprint density at radius 3 is 2.06 bits per heavy atom. The molecule has 14 heteroatoms. The minimum atomic E-state index is -4.28. The summed E-state index contributed by atoms with van der Waals surface area (Å²) in [6, 6.07) is 23.6. The van der Waals surface area contributed by atoms with E-state index in [4.69, 9.17) is 23.8 Å². The van der Waals surface area contributed by atoms with Crippen LogP contribution in [0, 0.1) is 17.2 Å². The van der Waals surface area contributed by atoms with Crippen molar-refractivity contribution >= 4 is 42.3 Å². The van der Waals surface area contributed by atoms with Crippen molar-refractivity contribution in [2.45, 2.75) is 51.7 Å². The predicted octanol–water partition coefficient (Wildman–Crippen LogP) is 5.47. The molecule has 1 unspecified atom stereocenters. The van der Waals surface area contributed by atoms with Crippen molar-refractivity contribution in [3.8, 4) is 17.6 Å². The zero-order chi connectivity index (χ0) is 37.8. The van der Waals surface area contributed by atoms with Crippen LogP contribution in [0.2, 0.25) is 0 Å². The maximum absolute atomic E-state index is 14.2. The normalized spacial score (nSPS) is 13.8. The Labute approximate surface area is 302 Å². The summed E-state index contributed by atoms with van der Waals surface area (Å²) in [5.41, 5.74) is 1.17. The maximum Gasteiger partial charge on any atom is 0.513 e. The summed E-state index contributed by atoms with van der Waals surface area (Å²) in [7, 11) is -1.85. The van der Waals surface area contributed by atoms with E-state index in [0.29, 0.717) is 22.9 Å². The monoisotopic (exact) mass is 728 g/mol. The Kier molecular flexibility index (Phi) is 13.5. The molecule has 0 heterocycles. The number of rotatable bonds is 16. The summed E-state index contributed by atoms with van der Waals surface area (Å²) in [6.45, 7) is 5.25. The lowest BCUT2D eigenvalue weighted by atomic mass is 10.0. The summed E-state index contributed by atoms with van der Waals surface area (Å²) in [6.07, 6.45) is 0.301. The summed E-state index contributed by atoms with van der Waals surface area (Å²) in [5.74, 6) is -2.07. The van der Waals surface area contributed by atoms with Crippen molar-refractivity contribution in [1.82, 2.24) is 15.7 Å². The predicted molar refractivity (Wildman–Crippen MR) is 193 cm³/mol. The van der Waals surface area contributed by atoms with E-state index in [1.54, 1.807) is 30.3 Å². The molecule has 272 valence electrons. The van der Waals surface area contributed by atoms with Crippen LogP contribution in [0.1, 0.15) is 48.7 Å². The number of amides is 2. The van der Waals surface area contributed by atoms with Gasteiger partial charge in [-0.25, -0.2) is 9.36 Å². The van der Waals surface area contributed by atoms with Crippen molar-refractivity contribution in [2.24, 2.45) is 5.92 Å². The van der Waals surface area contributed by atoms with Crippen LogP contribution < -0.4 is 24.8 Å². The molecule has 0 aliphatic carbocycles. The molecule has 13 nitrogen and oxygen atoms in total. The molecule has 0 saturated heterocycles. The molecule has 0 fully saturated rings. The van der Waals surface area contributed by atoms with Gasteiger partial charge in [0.15, 0.2) is 0 Å². The van der Waals surface area contributed by atoms with Crippen LogP contribution in [0.25, 0.3) is 10.8 Å². The zero-order valence-electron chi connectivity index (χ0n) is 29.5. The van der Waals surface area contributed by atoms with E-state index in [2.05, 4.69) is 15.7 Å². The number of hydrogen-bond acceptors (Lipinski definition) is 10. The number of nitrogens with one attached hydrogen (secondary N) is 3. The first-order chi connectivity index (χ1) is 24.8. The number of carbonyl (C=O) groups excluding carboxylic acids is 4. The SMILES string of the molecule is COC(=O)[C@H](C)NP(=O)(Oc1ccc(C[C@H](NC(=O)c2ccc(C#N)cc2)C(=O)N[C@@H](CC(C)C)C(=O)OC)cc1)Oc1cccc2ccccc12. The molecule has 0 saturated carbocycles. The molecule has 4 aromatic rings. The Bertz CT molecular complexity index is 1970. The number of hydrogen-bond donors (Lipinski definition) is 3. The van der Waals surface area contributed by atoms with Gasteiger partial charge in [-0.2, -0.15) is 10.3 Å². The second-order valence-electron chi connectivity index (χ2n) is 12.3. The summed E-state index contributed by atoms with van der Waals surface area (Å²) in [4.78, 5) is 51.6. The number of carbonyl (C=O) groups is 4. The number of methoxy groups -OCH3 is 2. The smallest absolute Gasteiger partial charge is 0.468 e. The van der Waals surface area contributed by atoms with Gasteiger partial charge in [-0.1, -0.05) is 62.4 Å². The Morgan fingerprint density at radius 2 is 1.42 bits per heavy atom. The summed E-state index contributed by atoms with van der Waals surface area (Å²) >= 11 is 0. The average molecular weight is 729 g/mol. The fourth-order valence-corrected chi connectivity index (χ4v) is 6.79. The lowest BCUT2D eigenvalue weighted by Gasteiger charge is -2.24. The molecule has 4 aromatic carbocycles. The topological polar surface area (TPSA) is 182 Å². The van der Waals surface area contributed by atoms with Crippen LogP contribution in [0.5, 0.6) is 11.5 Å². The zero-order valence-corrected chi connectivity index (χ0v) is 30.3. The van der Waals surface area contributed by atoms with Gasteiger partial charge in [0.2, 0.25) is 5.91 Å². The van der Waals surface area contributed by atoms with Crippen molar-refractivity contribution in [3.63, 3.8) is 0 Å². The third kappa shape index (κ3) is 10.7. The summed E-state index contributed by atoms with van der Waals surface area (Å²) in [5, 5.41) is 18.7. The van der Waals surface area contributed by atoms with Crippen LogP contribution in [0.15, 0.2) is 91.0 Å². The molecule has 0 aliphatic heterocycles. The molecular weight excluding hydrogens is 687 g/mol. The second kappa shape index (κ2) is 18.0. The molecule has 3 N–H and O–H groups in total. The van der Waals surface area contributed by atoms with Gasteiger partial charge in [-0.3, -0.25) is 14.4 Å². The Balaban J connectivity index is 1.59. The van der Waals surface area contributed by atoms with E-state index in [-0.39, 0.29) is 29.4 Å². The van der Waals surface area contributed by atoms with E-state index in [1.807, 2.05) is 44.2 Å². The molecule has 2 amide bonds. The van der Waals surface area contributed by atoms with Crippen LogP contribution in [-0.4, -0.2) is 56.1 Å². The Hall–Kier alpha value is -5.70. The van der Waals surface area contributed by atoms with Crippen molar-refractivity contribution in [2.75, 3.05) is 14.2 Å². The lowest BCUT2D eigenvalue weighted by molar-refractivity contribution is -0.145. The minimum Gasteiger partial charge on any atom is -0.468 e. The summed E-state index contributed by atoms with van der Waals surface area (Å²) < 4.78 is 35.8. The molecule has 4 atom stereocenters. The van der Waals surface area contributed by atoms with Crippen LogP contribution >= 0.6 is 7.75 Å². The molecule has 0 radical (unpaired) electrons. The van der Waals surface area contributed by atoms with E-state index in [0.717, 1.165) is 5.39 Å². The minimum absolute atomic E-state index is 0.00844. The van der Waals surface area contributed by atoms with Crippen LogP contribution in [0.3, 0.4) is 0 Å². The number of fused-ring (bicyclic) bond motifs is 1. The first-order valence-electron chi connectivity index (χ1n) is 16.5. The fraction of sp³-hybridized carbons (Fsp3) is 0.289. The second-order valence-corrected chi connectivity index (χ2v) is 13.9. The van der Waals surface area contributed by atoms with E-state index >= 15 is 0 Å². The fourth-order valence-electron chi connectivity index (χ4n) is 5.25. The quantitative estimate of drug-likeness (QED) is 0.0983. The number of nitrogens with zero attached hydrogens (tertiary/aromatic N) is 1. The largest absolute Gasteiger partial charge is 0.513 e. The number of esters is 2. The highest BCUT2D eigenvalue weighted by molar-refractivity contribution is 7.52. The average Bonchev–Trinajstić information content (AvgIpc) is 3.14. The van der Waals surface area contributed by atoms with Crippen molar-refractivity contribution in [3.05, 3.63) is 108 Å². The van der Waals surface area contributed by atoms with Crippen LogP contribution in [-0.2, 0) is 34.8 Å². The first kappa shape index (κ1) is 39.1. The van der Waals surface area contributed by atoms with Gasteiger partial charge in [0.1, 0.15) is 29.6 Å². The number of ether oxygens (including phenoxy) is 2. The molecule has 52 heavy (non-hydrogen) atoms. The van der Waals surface area contributed by atoms with Crippen molar-refractivity contribution < 1.29 is 42.3 Å². The molecule has 0 bridgehead atoms. The van der Waals surface area contributed by atoms with E-state index < -0.39 is 49.6 Å². The van der Waals surface area contributed by atoms with Gasteiger partial charge in [-0.05, 0) is 72.7 Å². The molecule has 4 rings (SSSR count). The van der Waals surface area contributed by atoms with Gasteiger partial charge < -0.3 is 29.2 Å². The third-order valence-electron chi connectivity index (χ3n) is 7.87. The third-order valence-corrected chi connectivity index (χ3v) is 9.46. The van der Waals surface area contributed by atoms with Gasteiger partial charge in [0.05, 0.1) is 25.9 Å². The van der Waals surface area contributed by atoms with E-state index in [1.165, 1.54) is 57.5 Å². The highest BCUT2D eigenvalue weighted by atomic mass is 31.2. The Morgan fingerprint density at radius 1 is 0.769 bits per heavy atom. The number of nitriles is 1. The molecule has 0 aliphatic rings. The maximum atomic E-state index is 14.2. The number of benzene rings is 4. The molecule has 0 spiro atoms. The van der Waals surface area contributed by atoms with Gasteiger partial charge in [0.25, 0.3) is 5.91 Å². The highest BCUT2D eigenvalue weighted by Crippen LogP contribution is 2.47. The van der Waals surface area contributed by atoms with Gasteiger partial charge in [0, 0.05) is 17.4 Å². The molecule has 0 aromatic heterocycles.